The highest BCUT2D eigenvalue weighted by Gasteiger charge is 2.18. The van der Waals surface area contributed by atoms with E-state index in [1.807, 2.05) is 47.2 Å². The number of aromatic nitrogens is 2. The molecule has 0 aliphatic rings. The number of rotatable bonds is 8. The van der Waals surface area contributed by atoms with Gasteiger partial charge in [0.25, 0.3) is 0 Å². The molecule has 0 saturated heterocycles. The lowest BCUT2D eigenvalue weighted by molar-refractivity contribution is -0.121. The summed E-state index contributed by atoms with van der Waals surface area (Å²) in [5.74, 6) is 0.411. The second-order valence-corrected chi connectivity index (χ2v) is 7.95. The van der Waals surface area contributed by atoms with Crippen molar-refractivity contribution >= 4 is 17.2 Å². The molecule has 31 heavy (non-hydrogen) atoms. The van der Waals surface area contributed by atoms with Crippen LogP contribution in [0.5, 0.6) is 0 Å². The zero-order valence-corrected chi connectivity index (χ0v) is 17.9. The Hall–Kier alpha value is -3.32. The maximum atomic E-state index is 13.8. The average molecular weight is 436 g/mol. The first-order valence-corrected chi connectivity index (χ1v) is 11.1. The lowest BCUT2D eigenvalue weighted by Gasteiger charge is -2.20. The highest BCUT2D eigenvalue weighted by molar-refractivity contribution is 7.08. The van der Waals surface area contributed by atoms with Crippen LogP contribution in [0.25, 0.3) is 11.4 Å². The number of nitrogens with one attached hydrogen (secondary N) is 1. The summed E-state index contributed by atoms with van der Waals surface area (Å²) >= 11 is 1.56. The third-order valence-corrected chi connectivity index (χ3v) is 5.71. The van der Waals surface area contributed by atoms with Crippen LogP contribution in [0.2, 0.25) is 0 Å². The van der Waals surface area contributed by atoms with Crippen molar-refractivity contribution in [3.63, 3.8) is 0 Å². The van der Waals surface area contributed by atoms with Crippen molar-refractivity contribution in [2.45, 2.75) is 32.2 Å². The van der Waals surface area contributed by atoms with Crippen LogP contribution in [0, 0.1) is 5.82 Å². The number of benzene rings is 2. The van der Waals surface area contributed by atoms with E-state index in [4.69, 9.17) is 4.52 Å². The number of halogens is 1. The molecule has 2 aromatic heterocycles. The van der Waals surface area contributed by atoms with Crippen molar-refractivity contribution in [1.82, 2.24) is 15.5 Å². The van der Waals surface area contributed by atoms with Crippen LogP contribution in [0.15, 0.2) is 69.9 Å². The summed E-state index contributed by atoms with van der Waals surface area (Å²) in [5.41, 5.74) is 3.68. The molecule has 7 heteroatoms. The zero-order chi connectivity index (χ0) is 21.6. The summed E-state index contributed by atoms with van der Waals surface area (Å²) in [7, 11) is 0. The third kappa shape index (κ3) is 5.24. The van der Waals surface area contributed by atoms with Gasteiger partial charge >= 0.3 is 0 Å². The molecule has 158 valence electrons. The number of aryl methyl sites for hydroxylation is 2. The van der Waals surface area contributed by atoms with Gasteiger partial charge in [-0.1, -0.05) is 48.5 Å². The Kier molecular flexibility index (Phi) is 6.52. The van der Waals surface area contributed by atoms with Crippen molar-refractivity contribution in [3.05, 3.63) is 93.8 Å². The van der Waals surface area contributed by atoms with E-state index < -0.39 is 6.04 Å². The van der Waals surface area contributed by atoms with Crippen LogP contribution in [0.1, 0.15) is 42.0 Å². The molecule has 2 aromatic carbocycles. The molecule has 1 amide bonds. The van der Waals surface area contributed by atoms with Gasteiger partial charge in [0.2, 0.25) is 17.6 Å². The van der Waals surface area contributed by atoms with Crippen molar-refractivity contribution in [1.29, 1.82) is 0 Å². The molecule has 5 nitrogen and oxygen atoms in total. The minimum absolute atomic E-state index is 0.177. The van der Waals surface area contributed by atoms with E-state index in [9.17, 15) is 9.18 Å². The second-order valence-electron chi connectivity index (χ2n) is 7.17. The van der Waals surface area contributed by atoms with Gasteiger partial charge in [-0.05, 0) is 46.7 Å². The number of nitrogens with zero attached hydrogens (tertiary/aromatic N) is 2. The topological polar surface area (TPSA) is 68.0 Å². The molecule has 1 unspecified atom stereocenters. The Morgan fingerprint density at radius 3 is 2.71 bits per heavy atom. The first-order valence-electron chi connectivity index (χ1n) is 10.1. The van der Waals surface area contributed by atoms with E-state index in [0.717, 1.165) is 17.5 Å². The van der Waals surface area contributed by atoms with E-state index in [2.05, 4.69) is 22.4 Å². The van der Waals surface area contributed by atoms with E-state index in [0.29, 0.717) is 23.7 Å². The first kappa shape index (κ1) is 20.9. The quantitative estimate of drug-likeness (QED) is 0.406. The molecule has 0 spiro atoms. The van der Waals surface area contributed by atoms with Crippen LogP contribution < -0.4 is 5.32 Å². The molecule has 0 aliphatic heterocycles. The summed E-state index contributed by atoms with van der Waals surface area (Å²) in [5, 5.41) is 10.9. The smallest absolute Gasteiger partial charge is 0.227 e. The van der Waals surface area contributed by atoms with Crippen LogP contribution >= 0.6 is 11.3 Å². The fourth-order valence-corrected chi connectivity index (χ4v) is 3.94. The maximum absolute atomic E-state index is 13.8. The van der Waals surface area contributed by atoms with Gasteiger partial charge in [-0.2, -0.15) is 16.3 Å². The molecule has 0 bridgehead atoms. The van der Waals surface area contributed by atoms with E-state index in [-0.39, 0.29) is 18.1 Å². The Morgan fingerprint density at radius 2 is 2.00 bits per heavy atom. The van der Waals surface area contributed by atoms with Crippen LogP contribution in [0.3, 0.4) is 0 Å². The van der Waals surface area contributed by atoms with Crippen LogP contribution in [-0.4, -0.2) is 16.0 Å². The van der Waals surface area contributed by atoms with Crippen LogP contribution in [0.4, 0.5) is 4.39 Å². The predicted octanol–water partition coefficient (Wildman–Crippen LogP) is 5.34. The lowest BCUT2D eigenvalue weighted by atomic mass is 9.97. The molecule has 0 radical (unpaired) electrons. The Bertz CT molecular complexity index is 1140. The monoisotopic (exact) mass is 435 g/mol. The van der Waals surface area contributed by atoms with Crippen molar-refractivity contribution < 1.29 is 13.7 Å². The number of thiophene rings is 1. The summed E-state index contributed by atoms with van der Waals surface area (Å²) in [6.45, 7) is 2.09. The molecule has 0 aliphatic carbocycles. The molecule has 4 rings (SSSR count). The van der Waals surface area contributed by atoms with E-state index >= 15 is 0 Å². The molecular formula is C24H22FN3O2S. The lowest BCUT2D eigenvalue weighted by Crippen LogP contribution is -2.29. The highest BCUT2D eigenvalue weighted by atomic mass is 32.1. The van der Waals surface area contributed by atoms with Gasteiger partial charge in [-0.25, -0.2) is 4.39 Å². The number of carbonyl (C=O) groups is 1. The van der Waals surface area contributed by atoms with Crippen LogP contribution in [-0.2, 0) is 17.6 Å². The predicted molar refractivity (Wildman–Crippen MR) is 118 cm³/mol. The molecule has 0 fully saturated rings. The number of amides is 1. The fraction of sp³-hybridized carbons (Fsp3) is 0.208. The van der Waals surface area contributed by atoms with Gasteiger partial charge < -0.3 is 9.84 Å². The van der Waals surface area contributed by atoms with E-state index in [1.54, 1.807) is 17.4 Å². The SMILES string of the molecule is CCc1ccc(C(NC(=O)CCc2nc(-c3ccsc3)no2)c2cccc(F)c2)cc1. The minimum Gasteiger partial charge on any atom is -0.345 e. The van der Waals surface area contributed by atoms with Gasteiger partial charge in [-0.3, -0.25) is 4.79 Å². The molecular weight excluding hydrogens is 413 g/mol. The zero-order valence-electron chi connectivity index (χ0n) is 17.0. The maximum Gasteiger partial charge on any atom is 0.227 e. The Morgan fingerprint density at radius 1 is 1.16 bits per heavy atom. The second kappa shape index (κ2) is 9.66. The number of hydrogen-bond acceptors (Lipinski definition) is 5. The summed E-state index contributed by atoms with van der Waals surface area (Å²) in [6, 6.07) is 15.8. The number of carbonyl (C=O) groups excluding carboxylic acids is 1. The number of hydrogen-bond donors (Lipinski definition) is 1. The van der Waals surface area contributed by atoms with Crippen molar-refractivity contribution in [2.75, 3.05) is 0 Å². The standard InChI is InChI=1S/C24H22FN3O2S/c1-2-16-6-8-17(9-7-16)23(18-4-3-5-20(25)14-18)26-21(29)10-11-22-27-24(28-30-22)19-12-13-31-15-19/h3-9,12-15,23H,2,10-11H2,1H3,(H,26,29). The third-order valence-electron chi connectivity index (χ3n) is 5.02. The summed E-state index contributed by atoms with van der Waals surface area (Å²) < 4.78 is 19.1. The van der Waals surface area contributed by atoms with Crippen molar-refractivity contribution in [3.8, 4) is 11.4 Å². The van der Waals surface area contributed by atoms with Gasteiger partial charge in [0.15, 0.2) is 0 Å². The van der Waals surface area contributed by atoms with E-state index in [1.165, 1.54) is 17.7 Å². The van der Waals surface area contributed by atoms with Gasteiger partial charge in [0.05, 0.1) is 6.04 Å². The largest absolute Gasteiger partial charge is 0.345 e. The highest BCUT2D eigenvalue weighted by Crippen LogP contribution is 2.24. The summed E-state index contributed by atoms with van der Waals surface area (Å²) in [4.78, 5) is 17.1. The molecule has 4 aromatic rings. The van der Waals surface area contributed by atoms with Gasteiger partial charge in [0, 0.05) is 23.8 Å². The molecule has 1 atom stereocenters. The van der Waals surface area contributed by atoms with Gasteiger partial charge in [0.1, 0.15) is 5.82 Å². The Balaban J connectivity index is 1.46. The van der Waals surface area contributed by atoms with Crippen molar-refractivity contribution in [2.24, 2.45) is 0 Å². The average Bonchev–Trinajstić information content (AvgIpc) is 3.48. The molecule has 0 saturated carbocycles. The first-order chi connectivity index (χ1) is 15.1. The molecule has 2 heterocycles. The minimum atomic E-state index is -0.446. The molecule has 1 N–H and O–H groups in total. The fourth-order valence-electron chi connectivity index (χ4n) is 3.31. The van der Waals surface area contributed by atoms with Gasteiger partial charge in [-0.15, -0.1) is 0 Å². The summed E-state index contributed by atoms with van der Waals surface area (Å²) in [6.07, 6.45) is 1.44. The normalized spacial score (nSPS) is 11.9. The Labute approximate surface area is 183 Å².